The average molecular weight is 379 g/mol. The van der Waals surface area contributed by atoms with Crippen LogP contribution in [-0.4, -0.2) is 61.8 Å². The van der Waals surface area contributed by atoms with Crippen molar-refractivity contribution < 1.29 is 14.3 Å². The van der Waals surface area contributed by atoms with Gasteiger partial charge in [-0.3, -0.25) is 4.90 Å². The lowest BCUT2D eigenvalue weighted by Gasteiger charge is -2.34. The van der Waals surface area contributed by atoms with Crippen LogP contribution in [0.1, 0.15) is 5.56 Å². The predicted octanol–water partition coefficient (Wildman–Crippen LogP) is 3.32. The van der Waals surface area contributed by atoms with Crippen molar-refractivity contribution in [1.82, 2.24) is 9.80 Å². The minimum Gasteiger partial charge on any atom is -0.486 e. The van der Waals surface area contributed by atoms with Gasteiger partial charge in [0.15, 0.2) is 11.5 Å². The molecule has 0 spiro atoms. The molecule has 2 aromatic rings. The Hall–Kier alpha value is -2.99. The number of carbonyl (C=O) groups is 1. The molecule has 2 aliphatic rings. The third-order valence-corrected chi connectivity index (χ3v) is 4.93. The molecule has 1 saturated heterocycles. The van der Waals surface area contributed by atoms with Crippen LogP contribution in [0.5, 0.6) is 11.5 Å². The van der Waals surface area contributed by atoms with Gasteiger partial charge in [0, 0.05) is 44.5 Å². The van der Waals surface area contributed by atoms with Gasteiger partial charge in [-0.15, -0.1) is 0 Å². The molecule has 0 unspecified atom stereocenters. The maximum atomic E-state index is 12.6. The zero-order valence-corrected chi connectivity index (χ0v) is 15.8. The summed E-state index contributed by atoms with van der Waals surface area (Å²) in [6, 6.07) is 15.7. The van der Waals surface area contributed by atoms with E-state index in [9.17, 15) is 4.79 Å². The van der Waals surface area contributed by atoms with Gasteiger partial charge in [-0.25, -0.2) is 4.79 Å². The summed E-state index contributed by atoms with van der Waals surface area (Å²) in [4.78, 5) is 16.8. The van der Waals surface area contributed by atoms with Crippen LogP contribution < -0.4 is 14.8 Å². The van der Waals surface area contributed by atoms with Crippen LogP contribution in [0.25, 0.3) is 6.08 Å². The molecule has 0 bridgehead atoms. The first-order valence-corrected chi connectivity index (χ1v) is 9.67. The molecule has 4 rings (SSSR count). The zero-order valence-electron chi connectivity index (χ0n) is 15.8. The van der Waals surface area contributed by atoms with Crippen molar-refractivity contribution in [2.45, 2.75) is 0 Å². The molecule has 0 aromatic heterocycles. The molecule has 2 heterocycles. The van der Waals surface area contributed by atoms with Crippen LogP contribution in [-0.2, 0) is 0 Å². The number of anilines is 1. The number of ether oxygens (including phenoxy) is 2. The molecular weight excluding hydrogens is 354 g/mol. The number of amides is 2. The van der Waals surface area contributed by atoms with Crippen molar-refractivity contribution in [1.29, 1.82) is 0 Å². The lowest BCUT2D eigenvalue weighted by molar-refractivity contribution is 0.155. The molecule has 0 radical (unpaired) electrons. The first-order valence-electron chi connectivity index (χ1n) is 9.67. The second-order valence-corrected chi connectivity index (χ2v) is 6.89. The number of hydrogen-bond acceptors (Lipinski definition) is 4. The second kappa shape index (κ2) is 8.80. The first-order chi connectivity index (χ1) is 13.8. The van der Waals surface area contributed by atoms with Crippen LogP contribution in [0.4, 0.5) is 10.5 Å². The third kappa shape index (κ3) is 4.64. The van der Waals surface area contributed by atoms with E-state index in [4.69, 9.17) is 9.47 Å². The maximum Gasteiger partial charge on any atom is 0.321 e. The Balaban J connectivity index is 1.24. The number of nitrogens with one attached hydrogen (secondary N) is 1. The van der Waals surface area contributed by atoms with Gasteiger partial charge in [-0.05, 0) is 17.7 Å². The second-order valence-electron chi connectivity index (χ2n) is 6.89. The molecule has 6 heteroatoms. The van der Waals surface area contributed by atoms with E-state index in [1.165, 1.54) is 5.56 Å². The van der Waals surface area contributed by atoms with E-state index < -0.39 is 0 Å². The van der Waals surface area contributed by atoms with Crippen molar-refractivity contribution >= 4 is 17.8 Å². The topological polar surface area (TPSA) is 54.0 Å². The molecule has 146 valence electrons. The van der Waals surface area contributed by atoms with E-state index in [-0.39, 0.29) is 6.03 Å². The summed E-state index contributed by atoms with van der Waals surface area (Å²) in [5.74, 6) is 1.40. The van der Waals surface area contributed by atoms with Crippen molar-refractivity contribution in [2.75, 3.05) is 51.3 Å². The Morgan fingerprint density at radius 3 is 2.50 bits per heavy atom. The molecule has 1 N–H and O–H groups in total. The quantitative estimate of drug-likeness (QED) is 0.885. The fraction of sp³-hybridized carbons (Fsp3) is 0.318. The van der Waals surface area contributed by atoms with E-state index in [0.29, 0.717) is 19.0 Å². The molecule has 0 saturated carbocycles. The average Bonchev–Trinajstić information content (AvgIpc) is 2.75. The van der Waals surface area contributed by atoms with Gasteiger partial charge < -0.3 is 19.7 Å². The number of nitrogens with zero attached hydrogens (tertiary/aromatic N) is 2. The van der Waals surface area contributed by atoms with Crippen molar-refractivity contribution in [3.8, 4) is 11.5 Å². The summed E-state index contributed by atoms with van der Waals surface area (Å²) >= 11 is 0. The molecule has 6 nitrogen and oxygen atoms in total. The van der Waals surface area contributed by atoms with E-state index in [1.807, 2.05) is 41.3 Å². The van der Waals surface area contributed by atoms with Crippen LogP contribution in [0.3, 0.4) is 0 Å². The van der Waals surface area contributed by atoms with Crippen LogP contribution in [0.2, 0.25) is 0 Å². The number of carbonyl (C=O) groups excluding carboxylic acids is 1. The smallest absolute Gasteiger partial charge is 0.321 e. The number of fused-ring (bicyclic) bond motifs is 1. The molecule has 2 aliphatic heterocycles. The van der Waals surface area contributed by atoms with E-state index in [2.05, 4.69) is 34.5 Å². The zero-order chi connectivity index (χ0) is 19.2. The van der Waals surface area contributed by atoms with Crippen LogP contribution in [0.15, 0.2) is 54.6 Å². The predicted molar refractivity (Wildman–Crippen MR) is 110 cm³/mol. The third-order valence-electron chi connectivity index (χ3n) is 4.93. The summed E-state index contributed by atoms with van der Waals surface area (Å²) in [5, 5.41) is 2.96. The number of benzene rings is 2. The standard InChI is InChI=1S/C22H25N3O3/c26-22(23-19-8-9-20-21(17-19)28-16-15-27-20)25-13-11-24(12-14-25)10-4-7-18-5-2-1-3-6-18/h1-9,17H,10-16H2,(H,23,26). The lowest BCUT2D eigenvalue weighted by atomic mass is 10.2. The summed E-state index contributed by atoms with van der Waals surface area (Å²) in [6.45, 7) is 5.16. The normalized spacial score (nSPS) is 16.9. The molecular formula is C22H25N3O3. The number of hydrogen-bond donors (Lipinski definition) is 1. The summed E-state index contributed by atoms with van der Waals surface area (Å²) in [6.07, 6.45) is 4.32. The fourth-order valence-electron chi connectivity index (χ4n) is 3.36. The van der Waals surface area contributed by atoms with Gasteiger partial charge >= 0.3 is 6.03 Å². The Morgan fingerprint density at radius 2 is 1.71 bits per heavy atom. The number of urea groups is 1. The SMILES string of the molecule is O=C(Nc1ccc2c(c1)OCCO2)N1CCN(CC=Cc2ccccc2)CC1. The van der Waals surface area contributed by atoms with Crippen molar-refractivity contribution in [3.63, 3.8) is 0 Å². The molecule has 28 heavy (non-hydrogen) atoms. The van der Waals surface area contributed by atoms with E-state index in [0.717, 1.165) is 44.2 Å². The highest BCUT2D eigenvalue weighted by atomic mass is 16.6. The molecule has 0 aliphatic carbocycles. The number of piperazine rings is 1. The summed E-state index contributed by atoms with van der Waals surface area (Å²) in [7, 11) is 0. The van der Waals surface area contributed by atoms with Crippen LogP contribution in [0, 0.1) is 0 Å². The van der Waals surface area contributed by atoms with Gasteiger partial charge in [0.2, 0.25) is 0 Å². The minimum absolute atomic E-state index is 0.0730. The highest BCUT2D eigenvalue weighted by Gasteiger charge is 2.21. The highest BCUT2D eigenvalue weighted by Crippen LogP contribution is 2.32. The van der Waals surface area contributed by atoms with Gasteiger partial charge in [0.1, 0.15) is 13.2 Å². The monoisotopic (exact) mass is 379 g/mol. The highest BCUT2D eigenvalue weighted by molar-refractivity contribution is 5.89. The summed E-state index contributed by atoms with van der Waals surface area (Å²) < 4.78 is 11.1. The molecule has 0 atom stereocenters. The van der Waals surface area contributed by atoms with Gasteiger partial charge in [0.05, 0.1) is 0 Å². The minimum atomic E-state index is -0.0730. The Bertz CT molecular complexity index is 830. The van der Waals surface area contributed by atoms with Crippen molar-refractivity contribution in [2.24, 2.45) is 0 Å². The lowest BCUT2D eigenvalue weighted by Crippen LogP contribution is -2.49. The van der Waals surface area contributed by atoms with E-state index in [1.54, 1.807) is 0 Å². The van der Waals surface area contributed by atoms with Crippen LogP contribution >= 0.6 is 0 Å². The Morgan fingerprint density at radius 1 is 0.964 bits per heavy atom. The van der Waals surface area contributed by atoms with Gasteiger partial charge in [0.25, 0.3) is 0 Å². The molecule has 2 amide bonds. The largest absolute Gasteiger partial charge is 0.486 e. The van der Waals surface area contributed by atoms with E-state index >= 15 is 0 Å². The fourth-order valence-corrected chi connectivity index (χ4v) is 3.36. The van der Waals surface area contributed by atoms with Gasteiger partial charge in [-0.2, -0.15) is 0 Å². The van der Waals surface area contributed by atoms with Crippen molar-refractivity contribution in [3.05, 3.63) is 60.2 Å². The molecule has 1 fully saturated rings. The molecule has 2 aromatic carbocycles. The summed E-state index contributed by atoms with van der Waals surface area (Å²) in [5.41, 5.74) is 1.93. The maximum absolute atomic E-state index is 12.6. The number of rotatable bonds is 4. The first kappa shape index (κ1) is 18.4. The Labute approximate surface area is 165 Å². The van der Waals surface area contributed by atoms with Gasteiger partial charge in [-0.1, -0.05) is 42.5 Å². The Kier molecular flexibility index (Phi) is 5.77.